The third-order valence-corrected chi connectivity index (χ3v) is 5.19. The van der Waals surface area contributed by atoms with Gasteiger partial charge in [0.15, 0.2) is 5.96 Å². The smallest absolute Gasteiger partial charge is 0.191 e. The molecule has 1 aliphatic carbocycles. The maximum absolute atomic E-state index is 6.10. The van der Waals surface area contributed by atoms with Crippen LogP contribution in [-0.2, 0) is 11.2 Å². The van der Waals surface area contributed by atoms with Crippen molar-refractivity contribution in [2.24, 2.45) is 15.8 Å². The van der Waals surface area contributed by atoms with E-state index in [2.05, 4.69) is 35.5 Å². The monoisotopic (exact) mass is 493 g/mol. The van der Waals surface area contributed by atoms with Gasteiger partial charge in [0, 0.05) is 38.9 Å². The van der Waals surface area contributed by atoms with Gasteiger partial charge in [-0.25, -0.2) is 0 Å². The van der Waals surface area contributed by atoms with E-state index >= 15 is 0 Å². The highest BCUT2D eigenvalue weighted by Crippen LogP contribution is 2.48. The number of benzene rings is 1. The van der Waals surface area contributed by atoms with Crippen LogP contribution in [0, 0.1) is 10.8 Å². The molecular formula is C20H33ClIN3O. The summed E-state index contributed by atoms with van der Waals surface area (Å²) < 4.78 is 5.22. The van der Waals surface area contributed by atoms with Crippen LogP contribution in [-0.4, -0.2) is 39.8 Å². The fraction of sp³-hybridized carbons (Fsp3) is 0.650. The highest BCUT2D eigenvalue weighted by Gasteiger charge is 2.41. The molecule has 1 aliphatic rings. The maximum Gasteiger partial charge on any atom is 0.191 e. The van der Waals surface area contributed by atoms with Gasteiger partial charge in [-0.05, 0) is 54.2 Å². The number of hydrogen-bond acceptors (Lipinski definition) is 2. The predicted octanol–water partition coefficient (Wildman–Crippen LogP) is 4.51. The minimum Gasteiger partial charge on any atom is -0.385 e. The molecule has 4 nitrogen and oxygen atoms in total. The Labute approximate surface area is 180 Å². The average molecular weight is 494 g/mol. The summed E-state index contributed by atoms with van der Waals surface area (Å²) in [6.45, 7) is 7.17. The van der Waals surface area contributed by atoms with Crippen molar-refractivity contribution in [3.05, 3.63) is 34.9 Å². The number of nitrogens with one attached hydrogen (secondary N) is 2. The van der Waals surface area contributed by atoms with E-state index in [1.807, 2.05) is 25.2 Å². The van der Waals surface area contributed by atoms with Crippen molar-refractivity contribution >= 4 is 41.5 Å². The van der Waals surface area contributed by atoms with Crippen LogP contribution in [0.3, 0.4) is 0 Å². The van der Waals surface area contributed by atoms with E-state index in [9.17, 15) is 0 Å². The van der Waals surface area contributed by atoms with E-state index in [1.165, 1.54) is 18.4 Å². The largest absolute Gasteiger partial charge is 0.385 e. The first-order chi connectivity index (χ1) is 11.9. The molecule has 6 heteroatoms. The van der Waals surface area contributed by atoms with Crippen molar-refractivity contribution in [2.75, 3.05) is 33.9 Å². The van der Waals surface area contributed by atoms with Gasteiger partial charge in [-0.2, -0.15) is 0 Å². The number of guanidine groups is 1. The van der Waals surface area contributed by atoms with Crippen LogP contribution in [0.2, 0.25) is 5.02 Å². The Balaban J connectivity index is 0.00000338. The molecule has 0 atom stereocenters. The van der Waals surface area contributed by atoms with E-state index < -0.39 is 0 Å². The highest BCUT2D eigenvalue weighted by atomic mass is 127. The van der Waals surface area contributed by atoms with Crippen molar-refractivity contribution in [3.8, 4) is 0 Å². The molecule has 0 bridgehead atoms. The zero-order valence-electron chi connectivity index (χ0n) is 16.4. The van der Waals surface area contributed by atoms with Gasteiger partial charge in [0.05, 0.1) is 0 Å². The Morgan fingerprint density at radius 1 is 1.31 bits per heavy atom. The molecule has 0 radical (unpaired) electrons. The topological polar surface area (TPSA) is 45.7 Å². The first-order valence-corrected chi connectivity index (χ1v) is 9.44. The molecule has 148 valence electrons. The lowest BCUT2D eigenvalue weighted by molar-refractivity contribution is 0.172. The van der Waals surface area contributed by atoms with Crippen LogP contribution >= 0.6 is 35.6 Å². The second-order valence-electron chi connectivity index (χ2n) is 7.99. The first kappa shape index (κ1) is 23.5. The SMILES string of the molecule is CN=C(NCC(C)(C)Cc1cccc(Cl)c1)NCC1(CCOC)CC1.I. The second-order valence-corrected chi connectivity index (χ2v) is 8.43. The second kappa shape index (κ2) is 10.7. The number of nitrogens with zero attached hydrogens (tertiary/aromatic N) is 1. The summed E-state index contributed by atoms with van der Waals surface area (Å²) >= 11 is 6.10. The van der Waals surface area contributed by atoms with Gasteiger partial charge in [-0.3, -0.25) is 4.99 Å². The number of ether oxygens (including phenoxy) is 1. The van der Waals surface area contributed by atoms with E-state index in [-0.39, 0.29) is 29.4 Å². The zero-order chi connectivity index (χ0) is 18.3. The fourth-order valence-corrected chi connectivity index (χ4v) is 3.30. The molecule has 0 saturated heterocycles. The molecular weight excluding hydrogens is 461 g/mol. The molecule has 0 spiro atoms. The highest BCUT2D eigenvalue weighted by molar-refractivity contribution is 14.0. The van der Waals surface area contributed by atoms with Crippen molar-refractivity contribution in [1.29, 1.82) is 0 Å². The average Bonchev–Trinajstić information content (AvgIpc) is 3.33. The molecule has 0 aliphatic heterocycles. The number of halogens is 2. The summed E-state index contributed by atoms with van der Waals surface area (Å²) in [7, 11) is 3.60. The number of rotatable bonds is 9. The van der Waals surface area contributed by atoms with Crippen LogP contribution in [0.1, 0.15) is 38.7 Å². The van der Waals surface area contributed by atoms with E-state index in [1.54, 1.807) is 7.11 Å². The Morgan fingerprint density at radius 3 is 2.62 bits per heavy atom. The van der Waals surface area contributed by atoms with Crippen molar-refractivity contribution < 1.29 is 4.74 Å². The number of methoxy groups -OCH3 is 1. The third kappa shape index (κ3) is 8.01. The molecule has 2 N–H and O–H groups in total. The third-order valence-electron chi connectivity index (χ3n) is 4.95. The lowest BCUT2D eigenvalue weighted by Gasteiger charge is -2.27. The molecule has 0 unspecified atom stereocenters. The molecule has 1 fully saturated rings. The summed E-state index contributed by atoms with van der Waals surface area (Å²) in [4.78, 5) is 4.37. The molecule has 1 aromatic carbocycles. The maximum atomic E-state index is 6.10. The van der Waals surface area contributed by atoms with Crippen LogP contribution in [0.5, 0.6) is 0 Å². The lowest BCUT2D eigenvalue weighted by Crippen LogP contribution is -2.44. The summed E-state index contributed by atoms with van der Waals surface area (Å²) in [5.74, 6) is 0.878. The van der Waals surface area contributed by atoms with Gasteiger partial charge in [-0.1, -0.05) is 37.6 Å². The summed E-state index contributed by atoms with van der Waals surface area (Å²) in [6.07, 6.45) is 4.64. The van der Waals surface area contributed by atoms with Crippen LogP contribution < -0.4 is 10.6 Å². The number of hydrogen-bond donors (Lipinski definition) is 2. The van der Waals surface area contributed by atoms with Gasteiger partial charge in [0.25, 0.3) is 0 Å². The Kier molecular flexibility index (Phi) is 9.69. The number of aliphatic imine (C=N–C) groups is 1. The standard InChI is InChI=1S/C20H32ClN3O.HI/c1-19(2,13-16-6-5-7-17(21)12-16)14-23-18(22-3)24-15-20(8-9-20)10-11-25-4;/h5-7,12H,8-11,13-15H2,1-4H3,(H2,22,23,24);1H. The predicted molar refractivity (Wildman–Crippen MR) is 122 cm³/mol. The molecule has 1 aromatic rings. The molecule has 0 heterocycles. The van der Waals surface area contributed by atoms with Gasteiger partial charge >= 0.3 is 0 Å². The molecule has 0 amide bonds. The van der Waals surface area contributed by atoms with Crippen molar-refractivity contribution in [3.63, 3.8) is 0 Å². The van der Waals surface area contributed by atoms with Gasteiger partial charge < -0.3 is 15.4 Å². The molecule has 2 rings (SSSR count). The van der Waals surface area contributed by atoms with Crippen LogP contribution in [0.25, 0.3) is 0 Å². The zero-order valence-corrected chi connectivity index (χ0v) is 19.5. The van der Waals surface area contributed by atoms with E-state index in [0.29, 0.717) is 5.41 Å². The van der Waals surface area contributed by atoms with Crippen LogP contribution in [0.15, 0.2) is 29.3 Å². The summed E-state index contributed by atoms with van der Waals surface area (Å²) in [6, 6.07) is 8.10. The lowest BCUT2D eigenvalue weighted by atomic mass is 9.86. The normalized spacial score (nSPS) is 16.0. The Hall–Kier alpha value is -0.530. The van der Waals surface area contributed by atoms with Gasteiger partial charge in [-0.15, -0.1) is 24.0 Å². The minimum absolute atomic E-state index is 0. The Bertz CT molecular complexity index is 588. The van der Waals surface area contributed by atoms with E-state index in [4.69, 9.17) is 16.3 Å². The van der Waals surface area contributed by atoms with Crippen molar-refractivity contribution in [2.45, 2.75) is 39.5 Å². The molecule has 1 saturated carbocycles. The Morgan fingerprint density at radius 2 is 2.04 bits per heavy atom. The van der Waals surface area contributed by atoms with Gasteiger partial charge in [0.1, 0.15) is 0 Å². The fourth-order valence-electron chi connectivity index (χ4n) is 3.09. The van der Waals surface area contributed by atoms with Crippen LogP contribution in [0.4, 0.5) is 0 Å². The summed E-state index contributed by atoms with van der Waals surface area (Å²) in [5.41, 5.74) is 1.78. The summed E-state index contributed by atoms with van der Waals surface area (Å²) in [5, 5.41) is 7.76. The van der Waals surface area contributed by atoms with Crippen molar-refractivity contribution in [1.82, 2.24) is 10.6 Å². The van der Waals surface area contributed by atoms with E-state index in [0.717, 1.165) is 43.5 Å². The molecule has 0 aromatic heterocycles. The first-order valence-electron chi connectivity index (χ1n) is 9.06. The van der Waals surface area contributed by atoms with Gasteiger partial charge in [0.2, 0.25) is 0 Å². The minimum atomic E-state index is 0. The quantitative estimate of drug-likeness (QED) is 0.302. The molecule has 26 heavy (non-hydrogen) atoms.